The molecule has 0 saturated carbocycles. The van der Waals surface area contributed by atoms with Gasteiger partial charge in [0, 0.05) is 4.88 Å². The summed E-state index contributed by atoms with van der Waals surface area (Å²) in [6, 6.07) is 5.66. The van der Waals surface area contributed by atoms with E-state index in [0.717, 1.165) is 9.21 Å². The van der Waals surface area contributed by atoms with E-state index in [9.17, 15) is 4.79 Å². The summed E-state index contributed by atoms with van der Waals surface area (Å²) in [5, 5.41) is 11.2. The zero-order valence-electron chi connectivity index (χ0n) is 8.70. The molecule has 0 aliphatic carbocycles. The fourth-order valence-corrected chi connectivity index (χ4v) is 2.63. The van der Waals surface area contributed by atoms with E-state index in [2.05, 4.69) is 5.32 Å². The standard InChI is InChI=1S/C10H11ClN2OS2/c1-7(8-2-3-9(11)16-8)13-10(14)6-15-5-4-12/h2-3,7H,5-6H2,1H3,(H,13,14)/t7-/m0/s1. The predicted octanol–water partition coefficient (Wildman–Crippen LogP) is 2.84. The molecule has 1 aromatic heterocycles. The Balaban J connectivity index is 2.37. The van der Waals surface area contributed by atoms with E-state index in [1.165, 1.54) is 23.1 Å². The van der Waals surface area contributed by atoms with Crippen molar-refractivity contribution in [2.75, 3.05) is 11.5 Å². The van der Waals surface area contributed by atoms with Crippen LogP contribution in [0.5, 0.6) is 0 Å². The number of halogens is 1. The zero-order valence-corrected chi connectivity index (χ0v) is 11.1. The maximum Gasteiger partial charge on any atom is 0.230 e. The number of nitrogens with one attached hydrogen (secondary N) is 1. The lowest BCUT2D eigenvalue weighted by Crippen LogP contribution is -2.27. The van der Waals surface area contributed by atoms with Crippen LogP contribution in [-0.2, 0) is 4.79 Å². The van der Waals surface area contributed by atoms with E-state index in [4.69, 9.17) is 16.9 Å². The van der Waals surface area contributed by atoms with E-state index in [1.807, 2.05) is 25.1 Å². The molecule has 1 heterocycles. The van der Waals surface area contributed by atoms with Crippen molar-refractivity contribution in [3.8, 4) is 6.07 Å². The molecule has 0 spiro atoms. The van der Waals surface area contributed by atoms with Crippen molar-refractivity contribution in [3.05, 3.63) is 21.3 Å². The Kier molecular flexibility index (Phi) is 5.67. The maximum atomic E-state index is 11.4. The smallest absolute Gasteiger partial charge is 0.230 e. The van der Waals surface area contributed by atoms with Crippen molar-refractivity contribution in [2.24, 2.45) is 0 Å². The minimum Gasteiger partial charge on any atom is -0.348 e. The van der Waals surface area contributed by atoms with Gasteiger partial charge in [0.25, 0.3) is 0 Å². The molecule has 1 rings (SSSR count). The predicted molar refractivity (Wildman–Crippen MR) is 68.8 cm³/mol. The lowest BCUT2D eigenvalue weighted by atomic mass is 10.3. The molecule has 1 aromatic rings. The number of nitrogens with zero attached hydrogens (tertiary/aromatic N) is 1. The van der Waals surface area contributed by atoms with Gasteiger partial charge in [-0.1, -0.05) is 11.6 Å². The molecule has 86 valence electrons. The molecule has 0 unspecified atom stereocenters. The Morgan fingerprint density at radius 2 is 2.50 bits per heavy atom. The van der Waals surface area contributed by atoms with Gasteiger partial charge < -0.3 is 5.32 Å². The van der Waals surface area contributed by atoms with Crippen LogP contribution in [0, 0.1) is 11.3 Å². The lowest BCUT2D eigenvalue weighted by Gasteiger charge is -2.11. The van der Waals surface area contributed by atoms with Crippen LogP contribution in [0.3, 0.4) is 0 Å². The number of hydrogen-bond donors (Lipinski definition) is 1. The Labute approximate surface area is 108 Å². The average molecular weight is 275 g/mol. The quantitative estimate of drug-likeness (QED) is 0.840. The van der Waals surface area contributed by atoms with Gasteiger partial charge in [-0.15, -0.1) is 23.1 Å². The number of carbonyl (C=O) groups excluding carboxylic acids is 1. The highest BCUT2D eigenvalue weighted by molar-refractivity contribution is 8.00. The molecule has 0 aliphatic heterocycles. The Hall–Kier alpha value is -0.700. The minimum atomic E-state index is -0.0581. The fourth-order valence-electron chi connectivity index (χ4n) is 1.10. The largest absolute Gasteiger partial charge is 0.348 e. The first kappa shape index (κ1) is 13.4. The second-order valence-electron chi connectivity index (χ2n) is 3.08. The van der Waals surface area contributed by atoms with Crippen LogP contribution in [0.25, 0.3) is 0 Å². The number of amides is 1. The molecule has 0 aromatic carbocycles. The molecule has 1 amide bonds. The highest BCUT2D eigenvalue weighted by Gasteiger charge is 2.11. The first-order valence-corrected chi connectivity index (χ1v) is 6.97. The van der Waals surface area contributed by atoms with Crippen LogP contribution in [-0.4, -0.2) is 17.4 Å². The molecule has 16 heavy (non-hydrogen) atoms. The Bertz CT molecular complexity index is 400. The van der Waals surface area contributed by atoms with Gasteiger partial charge >= 0.3 is 0 Å². The third-order valence-electron chi connectivity index (χ3n) is 1.80. The van der Waals surface area contributed by atoms with Crippen LogP contribution >= 0.6 is 34.7 Å². The summed E-state index contributed by atoms with van der Waals surface area (Å²) in [5.74, 6) is 0.598. The molecule has 0 bridgehead atoms. The molecule has 1 atom stereocenters. The van der Waals surface area contributed by atoms with Gasteiger partial charge in [0.05, 0.1) is 28.0 Å². The number of thioether (sulfide) groups is 1. The number of carbonyl (C=O) groups is 1. The van der Waals surface area contributed by atoms with Crippen LogP contribution in [0.4, 0.5) is 0 Å². The summed E-state index contributed by atoms with van der Waals surface area (Å²) < 4.78 is 0.718. The van der Waals surface area contributed by atoms with Crippen LogP contribution < -0.4 is 5.32 Å². The topological polar surface area (TPSA) is 52.9 Å². The second kappa shape index (κ2) is 6.79. The van der Waals surface area contributed by atoms with Crippen LogP contribution in [0.1, 0.15) is 17.8 Å². The molecule has 0 aliphatic rings. The van der Waals surface area contributed by atoms with Crippen LogP contribution in [0.15, 0.2) is 12.1 Å². The van der Waals surface area contributed by atoms with Gasteiger partial charge in [0.2, 0.25) is 5.91 Å². The van der Waals surface area contributed by atoms with Crippen molar-refractivity contribution in [2.45, 2.75) is 13.0 Å². The molecule has 3 nitrogen and oxygen atoms in total. The van der Waals surface area contributed by atoms with Gasteiger partial charge in [-0.05, 0) is 19.1 Å². The SMILES string of the molecule is C[C@H](NC(=O)CSCC#N)c1ccc(Cl)s1. The van der Waals surface area contributed by atoms with Gasteiger partial charge in [0.1, 0.15) is 0 Å². The molecule has 0 saturated heterocycles. The van der Waals surface area contributed by atoms with Crippen LogP contribution in [0.2, 0.25) is 4.34 Å². The summed E-state index contributed by atoms with van der Waals surface area (Å²) in [7, 11) is 0. The Morgan fingerprint density at radius 3 is 3.06 bits per heavy atom. The summed E-state index contributed by atoms with van der Waals surface area (Å²) in [6.45, 7) is 1.91. The maximum absolute atomic E-state index is 11.4. The van der Waals surface area contributed by atoms with Crippen molar-refractivity contribution in [3.63, 3.8) is 0 Å². The first-order chi connectivity index (χ1) is 7.63. The van der Waals surface area contributed by atoms with E-state index in [0.29, 0.717) is 11.5 Å². The number of thiophene rings is 1. The highest BCUT2D eigenvalue weighted by Crippen LogP contribution is 2.26. The Morgan fingerprint density at radius 1 is 1.75 bits per heavy atom. The van der Waals surface area contributed by atoms with Gasteiger partial charge in [0.15, 0.2) is 0 Å². The summed E-state index contributed by atoms with van der Waals surface area (Å²) >= 11 is 8.57. The number of rotatable bonds is 5. The van der Waals surface area contributed by atoms with Crippen molar-refractivity contribution in [1.82, 2.24) is 5.32 Å². The molecular weight excluding hydrogens is 264 g/mol. The third kappa shape index (κ3) is 4.44. The van der Waals surface area contributed by atoms with Gasteiger partial charge in [-0.2, -0.15) is 5.26 Å². The molecule has 1 N–H and O–H groups in total. The van der Waals surface area contributed by atoms with Crippen molar-refractivity contribution >= 4 is 40.6 Å². The molecule has 6 heteroatoms. The third-order valence-corrected chi connectivity index (χ3v) is 4.01. The highest BCUT2D eigenvalue weighted by atomic mass is 35.5. The lowest BCUT2D eigenvalue weighted by molar-refractivity contribution is -0.119. The molecule has 0 fully saturated rings. The average Bonchev–Trinajstić information content (AvgIpc) is 2.65. The van der Waals surface area contributed by atoms with Crippen molar-refractivity contribution < 1.29 is 4.79 Å². The van der Waals surface area contributed by atoms with Gasteiger partial charge in [-0.25, -0.2) is 0 Å². The second-order valence-corrected chi connectivity index (χ2v) is 5.81. The van der Waals surface area contributed by atoms with E-state index >= 15 is 0 Å². The summed E-state index contributed by atoms with van der Waals surface area (Å²) in [4.78, 5) is 12.5. The van der Waals surface area contributed by atoms with E-state index in [-0.39, 0.29) is 11.9 Å². The normalized spacial score (nSPS) is 11.8. The summed E-state index contributed by atoms with van der Waals surface area (Å²) in [6.07, 6.45) is 0. The zero-order chi connectivity index (χ0) is 12.0. The van der Waals surface area contributed by atoms with Crippen molar-refractivity contribution in [1.29, 1.82) is 5.26 Å². The number of nitriles is 1. The molecule has 0 radical (unpaired) electrons. The molecular formula is C10H11ClN2OS2. The first-order valence-electron chi connectivity index (χ1n) is 4.62. The van der Waals surface area contributed by atoms with Gasteiger partial charge in [-0.3, -0.25) is 4.79 Å². The monoisotopic (exact) mass is 274 g/mol. The number of hydrogen-bond acceptors (Lipinski definition) is 4. The van der Waals surface area contributed by atoms with E-state index in [1.54, 1.807) is 0 Å². The fraction of sp³-hybridized carbons (Fsp3) is 0.400. The van der Waals surface area contributed by atoms with E-state index < -0.39 is 0 Å². The summed E-state index contributed by atoms with van der Waals surface area (Å²) in [5.41, 5.74) is 0. The minimum absolute atomic E-state index is 0.0346.